The van der Waals surface area contributed by atoms with Gasteiger partial charge in [0, 0.05) is 43.6 Å². The molecule has 0 bridgehead atoms. The topological polar surface area (TPSA) is 132 Å². The minimum atomic E-state index is -1.56. The molecular formula is C27H26N4O7. The molecule has 4 rings (SSSR count). The first-order valence-corrected chi connectivity index (χ1v) is 11.9. The van der Waals surface area contributed by atoms with Crippen molar-refractivity contribution in [2.24, 2.45) is 0 Å². The van der Waals surface area contributed by atoms with Crippen LogP contribution in [-0.2, 0) is 4.74 Å². The van der Waals surface area contributed by atoms with E-state index in [1.165, 1.54) is 35.0 Å². The summed E-state index contributed by atoms with van der Waals surface area (Å²) >= 11 is 0. The van der Waals surface area contributed by atoms with Crippen molar-refractivity contribution >= 4 is 34.9 Å². The molecule has 0 saturated carbocycles. The zero-order valence-electron chi connectivity index (χ0n) is 20.6. The van der Waals surface area contributed by atoms with Crippen LogP contribution in [0.3, 0.4) is 0 Å². The average molecular weight is 519 g/mol. The number of imide groups is 1. The second-order valence-electron chi connectivity index (χ2n) is 7.94. The summed E-state index contributed by atoms with van der Waals surface area (Å²) in [6.45, 7) is 3.64. The van der Waals surface area contributed by atoms with Crippen LogP contribution in [0, 0.1) is 0 Å². The summed E-state index contributed by atoms with van der Waals surface area (Å²) in [5, 5.41) is 13.2. The summed E-state index contributed by atoms with van der Waals surface area (Å²) in [6, 6.07) is 17.6. The molecule has 2 heterocycles. The molecule has 0 saturated heterocycles. The van der Waals surface area contributed by atoms with E-state index in [1.807, 2.05) is 6.92 Å². The standard InChI is InChI=1S/C27H26N4O7/c1-2-36-16-6-13-29-25(32)30-15-12-19-17-21(9-10-23(19)30)37-22-11-14-28-24(18-22)31(26(33)34)27(35)38-20-7-4-3-5-8-20/h3-5,7-12,14-15,17-18H,2,6,13,16H2,1H3,(H,29,32)(H,33,34). The van der Waals surface area contributed by atoms with Crippen molar-refractivity contribution < 1.29 is 33.7 Å². The van der Waals surface area contributed by atoms with Crippen LogP contribution in [0.4, 0.5) is 20.2 Å². The number of pyridine rings is 1. The van der Waals surface area contributed by atoms with Gasteiger partial charge < -0.3 is 24.6 Å². The third-order valence-corrected chi connectivity index (χ3v) is 5.33. The molecule has 38 heavy (non-hydrogen) atoms. The summed E-state index contributed by atoms with van der Waals surface area (Å²) < 4.78 is 17.8. The van der Waals surface area contributed by atoms with Gasteiger partial charge in [0.25, 0.3) is 0 Å². The molecule has 3 amide bonds. The summed E-state index contributed by atoms with van der Waals surface area (Å²) in [5.74, 6) is 0.692. The molecule has 2 aromatic carbocycles. The second kappa shape index (κ2) is 12.4. The van der Waals surface area contributed by atoms with Crippen LogP contribution in [0.15, 0.2) is 79.1 Å². The number of amides is 3. The summed E-state index contributed by atoms with van der Waals surface area (Å²) in [7, 11) is 0. The molecule has 11 nitrogen and oxygen atoms in total. The fourth-order valence-electron chi connectivity index (χ4n) is 3.59. The normalized spacial score (nSPS) is 10.7. The maximum absolute atomic E-state index is 12.5. The van der Waals surface area contributed by atoms with Crippen LogP contribution in [0.1, 0.15) is 13.3 Å². The summed E-state index contributed by atoms with van der Waals surface area (Å²) in [4.78, 5) is 41.3. The van der Waals surface area contributed by atoms with Crippen LogP contribution in [-0.4, -0.2) is 52.6 Å². The number of para-hydroxylation sites is 1. The van der Waals surface area contributed by atoms with Crippen molar-refractivity contribution in [3.8, 4) is 17.2 Å². The number of anilines is 1. The number of fused-ring (bicyclic) bond motifs is 1. The van der Waals surface area contributed by atoms with Gasteiger partial charge in [-0.3, -0.25) is 4.57 Å². The van der Waals surface area contributed by atoms with Crippen LogP contribution in [0.2, 0.25) is 0 Å². The molecule has 0 radical (unpaired) electrons. The number of carbonyl (C=O) groups is 3. The van der Waals surface area contributed by atoms with E-state index in [0.29, 0.717) is 42.3 Å². The number of nitrogens with one attached hydrogen (secondary N) is 1. The Morgan fingerprint density at radius 2 is 1.79 bits per heavy atom. The van der Waals surface area contributed by atoms with Gasteiger partial charge in [0.2, 0.25) is 0 Å². The van der Waals surface area contributed by atoms with Gasteiger partial charge in [-0.1, -0.05) is 18.2 Å². The predicted octanol–water partition coefficient (Wildman–Crippen LogP) is 5.50. The Balaban J connectivity index is 1.46. The van der Waals surface area contributed by atoms with Gasteiger partial charge in [-0.05, 0) is 55.8 Å². The molecule has 2 N–H and O–H groups in total. The first kappa shape index (κ1) is 26.2. The highest BCUT2D eigenvalue weighted by atomic mass is 16.6. The lowest BCUT2D eigenvalue weighted by molar-refractivity contribution is 0.145. The van der Waals surface area contributed by atoms with Gasteiger partial charge in [0.15, 0.2) is 5.82 Å². The number of nitrogens with zero attached hydrogens (tertiary/aromatic N) is 3. The van der Waals surface area contributed by atoms with Crippen molar-refractivity contribution in [3.63, 3.8) is 0 Å². The Morgan fingerprint density at radius 1 is 1.00 bits per heavy atom. The molecule has 0 spiro atoms. The number of ether oxygens (including phenoxy) is 3. The van der Waals surface area contributed by atoms with E-state index in [2.05, 4.69) is 10.3 Å². The maximum Gasteiger partial charge on any atom is 0.430 e. The van der Waals surface area contributed by atoms with Crippen molar-refractivity contribution in [1.29, 1.82) is 0 Å². The molecule has 0 aliphatic heterocycles. The highest BCUT2D eigenvalue weighted by Gasteiger charge is 2.27. The van der Waals surface area contributed by atoms with E-state index < -0.39 is 12.2 Å². The fourth-order valence-corrected chi connectivity index (χ4v) is 3.59. The Bertz CT molecular complexity index is 1420. The van der Waals surface area contributed by atoms with E-state index in [1.54, 1.807) is 48.7 Å². The van der Waals surface area contributed by atoms with Crippen LogP contribution >= 0.6 is 0 Å². The largest absolute Gasteiger partial charge is 0.464 e. The Labute approximate surface area is 218 Å². The highest BCUT2D eigenvalue weighted by Crippen LogP contribution is 2.28. The number of hydrogen-bond donors (Lipinski definition) is 2. The first-order valence-electron chi connectivity index (χ1n) is 11.9. The van der Waals surface area contributed by atoms with E-state index in [0.717, 1.165) is 5.39 Å². The van der Waals surface area contributed by atoms with Crippen molar-refractivity contribution in [2.45, 2.75) is 13.3 Å². The highest BCUT2D eigenvalue weighted by molar-refractivity contribution is 6.08. The van der Waals surface area contributed by atoms with Gasteiger partial charge in [0.05, 0.1) is 5.52 Å². The van der Waals surface area contributed by atoms with Crippen molar-refractivity contribution in [2.75, 3.05) is 24.7 Å². The number of carbonyl (C=O) groups excluding carboxylic acids is 2. The van der Waals surface area contributed by atoms with E-state index in [9.17, 15) is 19.5 Å². The molecule has 0 atom stereocenters. The SMILES string of the molecule is CCOCCCNC(=O)n1ccc2cc(Oc3ccnc(N(C(=O)O)C(=O)Oc4ccccc4)c3)ccc21. The number of aromatic nitrogens is 2. The smallest absolute Gasteiger partial charge is 0.430 e. The van der Waals surface area contributed by atoms with Crippen LogP contribution < -0.4 is 19.7 Å². The van der Waals surface area contributed by atoms with Crippen LogP contribution in [0.25, 0.3) is 10.9 Å². The zero-order chi connectivity index (χ0) is 26.9. The summed E-state index contributed by atoms with van der Waals surface area (Å²) in [6.07, 6.45) is 1.01. The molecule has 0 unspecified atom stereocenters. The minimum Gasteiger partial charge on any atom is -0.464 e. The van der Waals surface area contributed by atoms with E-state index in [4.69, 9.17) is 14.2 Å². The Morgan fingerprint density at radius 3 is 2.55 bits per heavy atom. The van der Waals surface area contributed by atoms with E-state index in [-0.39, 0.29) is 23.3 Å². The van der Waals surface area contributed by atoms with E-state index >= 15 is 0 Å². The Hall–Kier alpha value is -4.90. The zero-order valence-corrected chi connectivity index (χ0v) is 20.6. The van der Waals surface area contributed by atoms with Gasteiger partial charge in [-0.2, -0.15) is 4.90 Å². The van der Waals surface area contributed by atoms with Gasteiger partial charge >= 0.3 is 18.2 Å². The molecular weight excluding hydrogens is 492 g/mol. The van der Waals surface area contributed by atoms with Gasteiger partial charge in [-0.15, -0.1) is 0 Å². The molecule has 4 aromatic rings. The maximum atomic E-state index is 12.5. The fraction of sp³-hybridized carbons (Fsp3) is 0.185. The molecule has 0 aliphatic carbocycles. The first-order chi connectivity index (χ1) is 18.5. The molecule has 11 heteroatoms. The number of carboxylic acid groups (broad SMARTS) is 1. The molecule has 196 valence electrons. The number of rotatable bonds is 9. The predicted molar refractivity (Wildman–Crippen MR) is 139 cm³/mol. The monoisotopic (exact) mass is 518 g/mol. The number of benzene rings is 2. The third-order valence-electron chi connectivity index (χ3n) is 5.33. The molecule has 0 aliphatic rings. The average Bonchev–Trinajstić information content (AvgIpc) is 3.32. The van der Waals surface area contributed by atoms with Crippen molar-refractivity contribution in [1.82, 2.24) is 14.9 Å². The molecule has 2 aromatic heterocycles. The van der Waals surface area contributed by atoms with Gasteiger partial charge in [-0.25, -0.2) is 19.4 Å². The Kier molecular flexibility index (Phi) is 8.52. The molecule has 0 fully saturated rings. The lowest BCUT2D eigenvalue weighted by Gasteiger charge is -2.16. The quantitative estimate of drug-likeness (QED) is 0.278. The minimum absolute atomic E-state index is 0.190. The van der Waals surface area contributed by atoms with Gasteiger partial charge in [0.1, 0.15) is 17.2 Å². The number of hydrogen-bond acceptors (Lipinski definition) is 7. The third kappa shape index (κ3) is 6.45. The van der Waals surface area contributed by atoms with Crippen LogP contribution in [0.5, 0.6) is 17.2 Å². The summed E-state index contributed by atoms with van der Waals surface area (Å²) in [5.41, 5.74) is 0.691. The van der Waals surface area contributed by atoms with Crippen molar-refractivity contribution in [3.05, 3.63) is 79.1 Å². The lowest BCUT2D eigenvalue weighted by Crippen LogP contribution is -2.38. The lowest BCUT2D eigenvalue weighted by atomic mass is 10.2. The second-order valence-corrected chi connectivity index (χ2v) is 7.94.